The van der Waals surface area contributed by atoms with E-state index in [2.05, 4.69) is 26.2 Å². The molecule has 0 spiro atoms. The maximum atomic E-state index is 12.2. The van der Waals surface area contributed by atoms with Crippen LogP contribution in [0.4, 0.5) is 0 Å². The van der Waals surface area contributed by atoms with Crippen LogP contribution in [0, 0.1) is 0 Å². The zero-order valence-corrected chi connectivity index (χ0v) is 14.9. The first-order chi connectivity index (χ1) is 10.6. The summed E-state index contributed by atoms with van der Waals surface area (Å²) in [4.78, 5) is 17.7. The summed E-state index contributed by atoms with van der Waals surface area (Å²) in [7, 11) is 0. The molecule has 114 valence electrons. The molecule has 0 bridgehead atoms. The Morgan fingerprint density at radius 2 is 2.32 bits per heavy atom. The zero-order chi connectivity index (χ0) is 15.5. The molecule has 0 aromatic carbocycles. The molecule has 22 heavy (non-hydrogen) atoms. The van der Waals surface area contributed by atoms with Crippen molar-refractivity contribution >= 4 is 44.5 Å². The third kappa shape index (κ3) is 3.66. The third-order valence-corrected chi connectivity index (χ3v) is 5.68. The van der Waals surface area contributed by atoms with Crippen molar-refractivity contribution in [3.63, 3.8) is 0 Å². The molecule has 1 N–H and O–H groups in total. The van der Waals surface area contributed by atoms with Crippen LogP contribution in [-0.2, 0) is 6.42 Å². The minimum atomic E-state index is -0.155. The van der Waals surface area contributed by atoms with Gasteiger partial charge in [0.1, 0.15) is 16.5 Å². The number of carbonyl (C=O) groups excluding carboxylic acids is 1. The van der Waals surface area contributed by atoms with Crippen LogP contribution in [0.15, 0.2) is 44.1 Å². The van der Waals surface area contributed by atoms with Gasteiger partial charge in [0, 0.05) is 27.7 Å². The minimum Gasteiger partial charge on any atom is -0.469 e. The molecule has 4 nitrogen and oxygen atoms in total. The highest BCUT2D eigenvalue weighted by atomic mass is 79.9. The van der Waals surface area contributed by atoms with Gasteiger partial charge in [-0.15, -0.1) is 22.7 Å². The molecule has 0 radical (unpaired) electrons. The number of rotatable bonds is 5. The van der Waals surface area contributed by atoms with Gasteiger partial charge in [-0.25, -0.2) is 4.98 Å². The van der Waals surface area contributed by atoms with Crippen LogP contribution in [-0.4, -0.2) is 16.9 Å². The minimum absolute atomic E-state index is 0.0142. The fraction of sp³-hybridized carbons (Fsp3) is 0.200. The molecular weight excluding hydrogens is 384 g/mol. The van der Waals surface area contributed by atoms with Gasteiger partial charge in [-0.05, 0) is 41.1 Å². The van der Waals surface area contributed by atoms with Gasteiger partial charge >= 0.3 is 0 Å². The van der Waals surface area contributed by atoms with Gasteiger partial charge in [-0.1, -0.05) is 0 Å². The van der Waals surface area contributed by atoms with E-state index < -0.39 is 0 Å². The second-order valence-electron chi connectivity index (χ2n) is 4.83. The third-order valence-electron chi connectivity index (χ3n) is 2.98. The summed E-state index contributed by atoms with van der Waals surface area (Å²) in [6.45, 7) is 1.95. The van der Waals surface area contributed by atoms with Gasteiger partial charge < -0.3 is 9.73 Å². The molecule has 0 saturated heterocycles. The molecule has 7 heteroatoms. The quantitative estimate of drug-likeness (QED) is 0.685. The summed E-state index contributed by atoms with van der Waals surface area (Å²) in [6, 6.07) is 5.73. The van der Waals surface area contributed by atoms with Crippen molar-refractivity contribution in [1.82, 2.24) is 10.3 Å². The van der Waals surface area contributed by atoms with Crippen LogP contribution in [0.25, 0.3) is 9.88 Å². The Morgan fingerprint density at radius 3 is 3.00 bits per heavy atom. The molecule has 0 fully saturated rings. The average Bonchev–Trinajstić information content (AvgIpc) is 3.18. The van der Waals surface area contributed by atoms with Crippen molar-refractivity contribution in [2.24, 2.45) is 0 Å². The number of amides is 1. The number of halogens is 1. The molecule has 3 aromatic rings. The Hall–Kier alpha value is -1.44. The van der Waals surface area contributed by atoms with Crippen LogP contribution in [0.3, 0.4) is 0 Å². The summed E-state index contributed by atoms with van der Waals surface area (Å²) in [5, 5.41) is 7.60. The molecule has 1 atom stereocenters. The predicted octanol–water partition coefficient (Wildman–Crippen LogP) is 4.59. The number of hydrogen-bond acceptors (Lipinski definition) is 5. The van der Waals surface area contributed by atoms with Crippen molar-refractivity contribution in [2.45, 2.75) is 19.4 Å². The van der Waals surface area contributed by atoms with Crippen molar-refractivity contribution < 1.29 is 9.21 Å². The van der Waals surface area contributed by atoms with E-state index in [0.29, 0.717) is 12.1 Å². The highest BCUT2D eigenvalue weighted by molar-refractivity contribution is 9.10. The van der Waals surface area contributed by atoms with Crippen LogP contribution in [0.2, 0.25) is 0 Å². The summed E-state index contributed by atoms with van der Waals surface area (Å²) in [5.74, 6) is 0.701. The van der Waals surface area contributed by atoms with E-state index in [1.54, 1.807) is 23.0 Å². The highest BCUT2D eigenvalue weighted by Crippen LogP contribution is 2.31. The lowest BCUT2D eigenvalue weighted by molar-refractivity contribution is 0.0935. The normalized spacial score (nSPS) is 12.3. The largest absolute Gasteiger partial charge is 0.469 e. The van der Waals surface area contributed by atoms with Gasteiger partial charge in [0.2, 0.25) is 0 Å². The first kappa shape index (κ1) is 15.5. The number of aromatic nitrogens is 1. The number of thiophene rings is 1. The smallest absolute Gasteiger partial charge is 0.270 e. The number of carbonyl (C=O) groups is 1. The first-order valence-electron chi connectivity index (χ1n) is 6.65. The van der Waals surface area contributed by atoms with Crippen LogP contribution >= 0.6 is 38.6 Å². The lowest BCUT2D eigenvalue weighted by atomic mass is 10.2. The zero-order valence-electron chi connectivity index (χ0n) is 11.7. The summed E-state index contributed by atoms with van der Waals surface area (Å²) in [6.07, 6.45) is 2.29. The van der Waals surface area contributed by atoms with E-state index >= 15 is 0 Å². The number of thiazole rings is 1. The number of hydrogen-bond donors (Lipinski definition) is 1. The van der Waals surface area contributed by atoms with Gasteiger partial charge in [0.05, 0.1) is 11.1 Å². The van der Waals surface area contributed by atoms with Crippen molar-refractivity contribution in [3.05, 3.63) is 51.1 Å². The second-order valence-corrected chi connectivity index (χ2v) is 7.51. The maximum Gasteiger partial charge on any atom is 0.270 e. The van der Waals surface area contributed by atoms with Crippen molar-refractivity contribution in [1.29, 1.82) is 0 Å². The molecule has 3 rings (SSSR count). The SMILES string of the molecule is CC(Cc1ccco1)NC(=O)c1csc(-c2cc(Br)cs2)n1. The summed E-state index contributed by atoms with van der Waals surface area (Å²) < 4.78 is 6.32. The van der Waals surface area contributed by atoms with Gasteiger partial charge in [-0.3, -0.25) is 4.79 Å². The van der Waals surface area contributed by atoms with E-state index in [-0.39, 0.29) is 11.9 Å². The number of furan rings is 1. The van der Waals surface area contributed by atoms with Gasteiger partial charge in [0.25, 0.3) is 5.91 Å². The van der Waals surface area contributed by atoms with Crippen molar-refractivity contribution in [3.8, 4) is 9.88 Å². The fourth-order valence-electron chi connectivity index (χ4n) is 2.00. The summed E-state index contributed by atoms with van der Waals surface area (Å²) in [5.41, 5.74) is 0.454. The highest BCUT2D eigenvalue weighted by Gasteiger charge is 2.15. The summed E-state index contributed by atoms with van der Waals surface area (Å²) >= 11 is 6.50. The molecule has 3 heterocycles. The maximum absolute atomic E-state index is 12.2. The number of nitrogens with one attached hydrogen (secondary N) is 1. The lowest BCUT2D eigenvalue weighted by Crippen LogP contribution is -2.34. The molecule has 1 amide bonds. The van der Waals surface area contributed by atoms with Gasteiger partial charge in [-0.2, -0.15) is 0 Å². The van der Waals surface area contributed by atoms with Crippen LogP contribution in [0.1, 0.15) is 23.2 Å². The predicted molar refractivity (Wildman–Crippen MR) is 92.5 cm³/mol. The van der Waals surface area contributed by atoms with Crippen LogP contribution in [0.5, 0.6) is 0 Å². The van der Waals surface area contributed by atoms with E-state index in [4.69, 9.17) is 4.42 Å². The topological polar surface area (TPSA) is 55.1 Å². The van der Waals surface area contributed by atoms with E-state index in [0.717, 1.165) is 20.1 Å². The van der Waals surface area contributed by atoms with Crippen LogP contribution < -0.4 is 5.32 Å². The molecule has 0 aliphatic rings. The Labute approximate surface area is 144 Å². The standard InChI is InChI=1S/C15H13BrN2O2S2/c1-9(5-11-3-2-4-20-11)17-14(19)12-8-22-15(18-12)13-6-10(16)7-21-13/h2-4,6-9H,5H2,1H3,(H,17,19). The number of nitrogens with zero attached hydrogens (tertiary/aromatic N) is 1. The Morgan fingerprint density at radius 1 is 1.45 bits per heavy atom. The Bertz CT molecular complexity index is 764. The van der Waals surface area contributed by atoms with E-state index in [9.17, 15) is 4.79 Å². The lowest BCUT2D eigenvalue weighted by Gasteiger charge is -2.11. The molecule has 3 aromatic heterocycles. The monoisotopic (exact) mass is 396 g/mol. The molecule has 0 aliphatic carbocycles. The molecular formula is C15H13BrN2O2S2. The Kier molecular flexibility index (Phi) is 4.75. The van der Waals surface area contributed by atoms with E-state index in [1.165, 1.54) is 11.3 Å². The van der Waals surface area contributed by atoms with Gasteiger partial charge in [0.15, 0.2) is 0 Å². The Balaban J connectivity index is 1.64. The first-order valence-corrected chi connectivity index (χ1v) is 9.20. The fourth-order valence-corrected chi connectivity index (χ4v) is 4.30. The molecule has 0 aliphatic heterocycles. The molecule has 0 saturated carbocycles. The second kappa shape index (κ2) is 6.76. The van der Waals surface area contributed by atoms with E-state index in [1.807, 2.05) is 30.5 Å². The molecule has 1 unspecified atom stereocenters. The van der Waals surface area contributed by atoms with Crippen molar-refractivity contribution in [2.75, 3.05) is 0 Å². The average molecular weight is 397 g/mol.